The van der Waals surface area contributed by atoms with Crippen LogP contribution in [0.2, 0.25) is 0 Å². The summed E-state index contributed by atoms with van der Waals surface area (Å²) in [5.41, 5.74) is 0. The van der Waals surface area contributed by atoms with Gasteiger partial charge in [-0.15, -0.1) is 0 Å². The molecule has 88 valence electrons. The smallest absolute Gasteiger partial charge is 0.217 e. The number of hydrogen-bond donors (Lipinski definition) is 1. The summed E-state index contributed by atoms with van der Waals surface area (Å²) >= 11 is 0. The average molecular weight is 223 g/mol. The van der Waals surface area contributed by atoms with E-state index in [2.05, 4.69) is 15.3 Å². The topological polar surface area (TPSA) is 37.8 Å². The molecule has 4 heteroatoms. The predicted octanol–water partition coefficient (Wildman–Crippen LogP) is 3.00. The first-order valence-electron chi connectivity index (χ1n) is 6.06. The molecule has 0 amide bonds. The Morgan fingerprint density at radius 1 is 1.25 bits per heavy atom. The molecule has 0 unspecified atom stereocenters. The summed E-state index contributed by atoms with van der Waals surface area (Å²) in [7, 11) is 0. The summed E-state index contributed by atoms with van der Waals surface area (Å²) in [4.78, 5) is 7.38. The first kappa shape index (κ1) is 11.3. The second-order valence-corrected chi connectivity index (χ2v) is 4.45. The van der Waals surface area contributed by atoms with Crippen LogP contribution >= 0.6 is 0 Å². The van der Waals surface area contributed by atoms with Crippen LogP contribution in [0.4, 0.5) is 10.2 Å². The van der Waals surface area contributed by atoms with Gasteiger partial charge in [0, 0.05) is 12.6 Å². The van der Waals surface area contributed by atoms with Gasteiger partial charge in [0.1, 0.15) is 12.1 Å². The second kappa shape index (κ2) is 5.77. The van der Waals surface area contributed by atoms with Crippen molar-refractivity contribution in [3.05, 3.63) is 18.3 Å². The van der Waals surface area contributed by atoms with Crippen LogP contribution in [0.25, 0.3) is 0 Å². The van der Waals surface area contributed by atoms with Gasteiger partial charge >= 0.3 is 0 Å². The Bertz CT molecular complexity index is 324. The lowest BCUT2D eigenvalue weighted by Crippen LogP contribution is -2.12. The van der Waals surface area contributed by atoms with Crippen LogP contribution in [-0.2, 0) is 0 Å². The van der Waals surface area contributed by atoms with Gasteiger partial charge in [-0.1, -0.05) is 32.1 Å². The van der Waals surface area contributed by atoms with Crippen molar-refractivity contribution in [1.29, 1.82) is 0 Å². The number of halogens is 1. The van der Waals surface area contributed by atoms with Crippen molar-refractivity contribution >= 4 is 5.82 Å². The molecule has 1 heterocycles. The van der Waals surface area contributed by atoms with E-state index in [1.807, 2.05) is 0 Å². The molecule has 1 aliphatic rings. The summed E-state index contributed by atoms with van der Waals surface area (Å²) < 4.78 is 12.8. The van der Waals surface area contributed by atoms with Crippen LogP contribution < -0.4 is 5.32 Å². The van der Waals surface area contributed by atoms with Crippen LogP contribution in [0, 0.1) is 11.9 Å². The van der Waals surface area contributed by atoms with Crippen LogP contribution in [0.15, 0.2) is 12.4 Å². The molecule has 0 aromatic carbocycles. The Kier molecular flexibility index (Phi) is 4.08. The maximum Gasteiger partial charge on any atom is 0.217 e. The molecule has 0 bridgehead atoms. The average Bonchev–Trinajstić information content (AvgIpc) is 2.30. The quantitative estimate of drug-likeness (QED) is 0.797. The molecule has 2 rings (SSSR count). The van der Waals surface area contributed by atoms with E-state index in [-0.39, 0.29) is 0 Å². The third kappa shape index (κ3) is 3.43. The Morgan fingerprint density at radius 2 is 2.06 bits per heavy atom. The van der Waals surface area contributed by atoms with E-state index in [4.69, 9.17) is 0 Å². The van der Waals surface area contributed by atoms with Crippen LogP contribution in [0.3, 0.4) is 0 Å². The fraction of sp³-hybridized carbons (Fsp3) is 0.667. The highest BCUT2D eigenvalue weighted by atomic mass is 19.1. The molecule has 16 heavy (non-hydrogen) atoms. The minimum Gasteiger partial charge on any atom is -0.370 e. The van der Waals surface area contributed by atoms with Gasteiger partial charge in [-0.25, -0.2) is 9.97 Å². The first-order chi connectivity index (χ1) is 7.84. The summed E-state index contributed by atoms with van der Waals surface area (Å²) in [5.74, 6) is 0.950. The van der Waals surface area contributed by atoms with Crippen molar-refractivity contribution in [3.8, 4) is 0 Å². The number of rotatable bonds is 4. The Hall–Kier alpha value is -1.19. The van der Waals surface area contributed by atoms with Crippen molar-refractivity contribution in [2.24, 2.45) is 5.92 Å². The minimum absolute atomic E-state index is 0.477. The highest BCUT2D eigenvalue weighted by Crippen LogP contribution is 2.26. The Morgan fingerprint density at radius 3 is 2.81 bits per heavy atom. The van der Waals surface area contributed by atoms with E-state index in [9.17, 15) is 4.39 Å². The fourth-order valence-electron chi connectivity index (χ4n) is 2.31. The predicted molar refractivity (Wildman–Crippen MR) is 61.7 cm³/mol. The number of anilines is 1. The molecule has 0 aliphatic heterocycles. The van der Waals surface area contributed by atoms with Crippen molar-refractivity contribution in [2.45, 2.75) is 38.5 Å². The highest BCUT2D eigenvalue weighted by Gasteiger charge is 2.12. The normalized spacial score (nSPS) is 17.3. The Labute approximate surface area is 95.5 Å². The summed E-state index contributed by atoms with van der Waals surface area (Å²) in [6.07, 6.45) is 9.23. The largest absolute Gasteiger partial charge is 0.370 e. The zero-order valence-electron chi connectivity index (χ0n) is 9.45. The standard InChI is InChI=1S/C12H18FN3/c13-11-8-12(16-9-15-11)14-7-6-10-4-2-1-3-5-10/h8-10H,1-7H2,(H,14,15,16). The van der Waals surface area contributed by atoms with E-state index in [0.29, 0.717) is 5.82 Å². The maximum absolute atomic E-state index is 12.8. The van der Waals surface area contributed by atoms with Gasteiger partial charge in [0.05, 0.1) is 0 Å². The molecular formula is C12H18FN3. The highest BCUT2D eigenvalue weighted by molar-refractivity contribution is 5.31. The van der Waals surface area contributed by atoms with Gasteiger partial charge in [0.15, 0.2) is 0 Å². The number of aromatic nitrogens is 2. The Balaban J connectivity index is 1.71. The molecule has 0 spiro atoms. The van der Waals surface area contributed by atoms with Crippen LogP contribution in [0.1, 0.15) is 38.5 Å². The SMILES string of the molecule is Fc1cc(NCCC2CCCCC2)ncn1. The molecule has 1 aliphatic carbocycles. The monoisotopic (exact) mass is 223 g/mol. The van der Waals surface area contributed by atoms with E-state index >= 15 is 0 Å². The fourth-order valence-corrected chi connectivity index (χ4v) is 2.31. The van der Waals surface area contributed by atoms with E-state index in [0.717, 1.165) is 18.9 Å². The van der Waals surface area contributed by atoms with Gasteiger partial charge in [0.2, 0.25) is 5.95 Å². The van der Waals surface area contributed by atoms with Crippen molar-refractivity contribution in [2.75, 3.05) is 11.9 Å². The van der Waals surface area contributed by atoms with Crippen molar-refractivity contribution in [3.63, 3.8) is 0 Å². The molecule has 1 aromatic rings. The van der Waals surface area contributed by atoms with E-state index in [1.165, 1.54) is 44.5 Å². The van der Waals surface area contributed by atoms with Crippen LogP contribution in [-0.4, -0.2) is 16.5 Å². The van der Waals surface area contributed by atoms with E-state index < -0.39 is 5.95 Å². The van der Waals surface area contributed by atoms with Gasteiger partial charge in [-0.3, -0.25) is 0 Å². The first-order valence-corrected chi connectivity index (χ1v) is 6.06. The number of nitrogens with one attached hydrogen (secondary N) is 1. The summed E-state index contributed by atoms with van der Waals surface area (Å²) in [5, 5.41) is 3.14. The third-order valence-electron chi connectivity index (χ3n) is 3.22. The molecule has 0 atom stereocenters. The molecule has 1 N–H and O–H groups in total. The molecule has 1 fully saturated rings. The summed E-state index contributed by atoms with van der Waals surface area (Å²) in [6.45, 7) is 0.876. The maximum atomic E-state index is 12.8. The molecule has 0 radical (unpaired) electrons. The molecule has 3 nitrogen and oxygen atoms in total. The van der Waals surface area contributed by atoms with Crippen molar-refractivity contribution < 1.29 is 4.39 Å². The zero-order chi connectivity index (χ0) is 11.2. The number of nitrogens with zero attached hydrogens (tertiary/aromatic N) is 2. The zero-order valence-corrected chi connectivity index (χ0v) is 9.45. The summed E-state index contributed by atoms with van der Waals surface area (Å²) in [6, 6.07) is 1.33. The van der Waals surface area contributed by atoms with Crippen LogP contribution in [0.5, 0.6) is 0 Å². The molecular weight excluding hydrogens is 205 g/mol. The lowest BCUT2D eigenvalue weighted by atomic mass is 9.87. The lowest BCUT2D eigenvalue weighted by Gasteiger charge is -2.21. The number of hydrogen-bond acceptors (Lipinski definition) is 3. The van der Waals surface area contributed by atoms with Gasteiger partial charge in [0.25, 0.3) is 0 Å². The molecule has 0 saturated heterocycles. The van der Waals surface area contributed by atoms with Gasteiger partial charge < -0.3 is 5.32 Å². The van der Waals surface area contributed by atoms with Crippen molar-refractivity contribution in [1.82, 2.24) is 9.97 Å². The van der Waals surface area contributed by atoms with Gasteiger partial charge in [-0.2, -0.15) is 4.39 Å². The van der Waals surface area contributed by atoms with Gasteiger partial charge in [-0.05, 0) is 12.3 Å². The second-order valence-electron chi connectivity index (χ2n) is 4.45. The third-order valence-corrected chi connectivity index (χ3v) is 3.22. The molecule has 1 aromatic heterocycles. The minimum atomic E-state index is -0.477. The lowest BCUT2D eigenvalue weighted by molar-refractivity contribution is 0.345. The van der Waals surface area contributed by atoms with E-state index in [1.54, 1.807) is 0 Å². The molecule has 1 saturated carbocycles.